The minimum absolute atomic E-state index is 0.150. The smallest absolute Gasteiger partial charge is 0.109 e. The highest BCUT2D eigenvalue weighted by atomic mass is 16.6. The van der Waals surface area contributed by atoms with Crippen molar-refractivity contribution in [2.24, 2.45) is 5.90 Å². The molecule has 102 valence electrons. The summed E-state index contributed by atoms with van der Waals surface area (Å²) in [5.41, 5.74) is 0. The summed E-state index contributed by atoms with van der Waals surface area (Å²) < 4.78 is 0. The van der Waals surface area contributed by atoms with E-state index in [2.05, 4.69) is 11.8 Å². The second-order valence-electron chi connectivity index (χ2n) is 4.65. The third-order valence-corrected chi connectivity index (χ3v) is 3.34. The van der Waals surface area contributed by atoms with Crippen molar-refractivity contribution in [3.05, 3.63) is 0 Å². The van der Waals surface area contributed by atoms with Crippen LogP contribution in [0, 0.1) is 0 Å². The van der Waals surface area contributed by atoms with Crippen LogP contribution < -0.4 is 5.90 Å². The summed E-state index contributed by atoms with van der Waals surface area (Å²) in [6.45, 7) is 3.37. The monoisotopic (exact) mass is 248 g/mol. The van der Waals surface area contributed by atoms with E-state index in [9.17, 15) is 15.3 Å². The molecule has 0 aliphatic carbocycles. The van der Waals surface area contributed by atoms with Gasteiger partial charge in [-0.15, -0.1) is 0 Å². The number of rotatable bonds is 6. The van der Waals surface area contributed by atoms with Crippen LogP contribution in [0.3, 0.4) is 0 Å². The van der Waals surface area contributed by atoms with E-state index in [-0.39, 0.29) is 12.6 Å². The Balaban J connectivity index is 2.57. The molecule has 0 aromatic rings. The predicted octanol–water partition coefficient (Wildman–Crippen LogP) is -1.17. The molecule has 5 N–H and O–H groups in total. The normalized spacial score (nSPS) is 35.1. The fraction of sp³-hybridized carbons (Fsp3) is 1.00. The fourth-order valence-electron chi connectivity index (χ4n) is 2.28. The minimum Gasteiger partial charge on any atom is -0.389 e. The Bertz CT molecular complexity index is 218. The first-order valence-corrected chi connectivity index (χ1v) is 6.21. The van der Waals surface area contributed by atoms with Crippen LogP contribution >= 0.6 is 0 Å². The number of aliphatic hydroxyl groups is 3. The van der Waals surface area contributed by atoms with Crippen LogP contribution in [-0.4, -0.2) is 64.3 Å². The van der Waals surface area contributed by atoms with Crippen molar-refractivity contribution in [2.75, 3.05) is 19.7 Å². The number of aliphatic hydroxyl groups excluding tert-OH is 3. The van der Waals surface area contributed by atoms with Crippen molar-refractivity contribution in [2.45, 2.75) is 50.5 Å². The van der Waals surface area contributed by atoms with E-state index in [0.29, 0.717) is 6.54 Å². The summed E-state index contributed by atoms with van der Waals surface area (Å²) >= 11 is 0. The zero-order valence-electron chi connectivity index (χ0n) is 10.3. The number of hydrogen-bond donors (Lipinski definition) is 4. The minimum atomic E-state index is -1.13. The molecule has 1 heterocycles. The molecule has 4 atom stereocenters. The van der Waals surface area contributed by atoms with Gasteiger partial charge in [0.25, 0.3) is 0 Å². The Morgan fingerprint density at radius 3 is 2.53 bits per heavy atom. The molecule has 0 aromatic heterocycles. The van der Waals surface area contributed by atoms with Crippen molar-refractivity contribution in [3.8, 4) is 0 Å². The van der Waals surface area contributed by atoms with Gasteiger partial charge < -0.3 is 20.2 Å². The van der Waals surface area contributed by atoms with E-state index >= 15 is 0 Å². The van der Waals surface area contributed by atoms with E-state index in [1.807, 2.05) is 4.90 Å². The van der Waals surface area contributed by atoms with Crippen LogP contribution in [0.25, 0.3) is 0 Å². The lowest BCUT2D eigenvalue weighted by Gasteiger charge is -2.43. The summed E-state index contributed by atoms with van der Waals surface area (Å²) in [5, 5.41) is 29.1. The first-order valence-electron chi connectivity index (χ1n) is 6.21. The van der Waals surface area contributed by atoms with E-state index < -0.39 is 18.3 Å². The van der Waals surface area contributed by atoms with Gasteiger partial charge in [0.15, 0.2) is 0 Å². The number of β-amino-alcohol motifs (C(OH)–C–C–N with tert-alkyl or cyclic N) is 1. The molecule has 1 saturated heterocycles. The van der Waals surface area contributed by atoms with Gasteiger partial charge in [-0.2, -0.15) is 0 Å². The van der Waals surface area contributed by atoms with Crippen molar-refractivity contribution in [1.82, 2.24) is 4.90 Å². The lowest BCUT2D eigenvalue weighted by Crippen LogP contribution is -2.62. The zero-order chi connectivity index (χ0) is 12.8. The maximum Gasteiger partial charge on any atom is 0.109 e. The highest BCUT2D eigenvalue weighted by Gasteiger charge is 2.40. The SMILES string of the molecule is CCCCCN1C[C@H](O)[C@@H](O)[C@H](O)[C@H]1CON. The van der Waals surface area contributed by atoms with Gasteiger partial charge in [0, 0.05) is 6.54 Å². The van der Waals surface area contributed by atoms with Crippen molar-refractivity contribution >= 4 is 0 Å². The van der Waals surface area contributed by atoms with Crippen LogP contribution in [0.4, 0.5) is 0 Å². The molecule has 1 aliphatic rings. The van der Waals surface area contributed by atoms with E-state index in [4.69, 9.17) is 5.90 Å². The molecule has 1 fully saturated rings. The fourth-order valence-corrected chi connectivity index (χ4v) is 2.28. The third kappa shape index (κ3) is 3.87. The lowest BCUT2D eigenvalue weighted by atomic mass is 9.94. The molecule has 0 radical (unpaired) electrons. The molecule has 0 spiro atoms. The van der Waals surface area contributed by atoms with Crippen LogP contribution in [0.1, 0.15) is 26.2 Å². The molecule has 6 heteroatoms. The largest absolute Gasteiger partial charge is 0.389 e. The highest BCUT2D eigenvalue weighted by Crippen LogP contribution is 2.19. The van der Waals surface area contributed by atoms with Gasteiger partial charge >= 0.3 is 0 Å². The van der Waals surface area contributed by atoms with Crippen molar-refractivity contribution in [3.63, 3.8) is 0 Å². The molecule has 0 bridgehead atoms. The van der Waals surface area contributed by atoms with Crippen LogP contribution in [0.5, 0.6) is 0 Å². The van der Waals surface area contributed by atoms with E-state index in [0.717, 1.165) is 25.8 Å². The van der Waals surface area contributed by atoms with Crippen LogP contribution in [0.15, 0.2) is 0 Å². The summed E-state index contributed by atoms with van der Waals surface area (Å²) in [6, 6.07) is -0.352. The Labute approximate surface area is 102 Å². The molecule has 0 unspecified atom stereocenters. The Morgan fingerprint density at radius 2 is 1.94 bits per heavy atom. The van der Waals surface area contributed by atoms with Crippen molar-refractivity contribution < 1.29 is 20.2 Å². The molecule has 1 rings (SSSR count). The second kappa shape index (κ2) is 7.25. The molecule has 0 saturated carbocycles. The maximum absolute atomic E-state index is 9.88. The van der Waals surface area contributed by atoms with Crippen molar-refractivity contribution in [1.29, 1.82) is 0 Å². The Hall–Kier alpha value is -0.240. The van der Waals surface area contributed by atoms with E-state index in [1.165, 1.54) is 0 Å². The number of nitrogens with zero attached hydrogens (tertiary/aromatic N) is 1. The maximum atomic E-state index is 9.88. The van der Waals surface area contributed by atoms with Gasteiger partial charge in [0.1, 0.15) is 12.2 Å². The standard InChI is InChI=1S/C11H24N2O4/c1-2-3-4-5-13-6-9(14)11(16)10(15)8(13)7-17-12/h8-11,14-16H,2-7,12H2,1H3/t8-,9+,10-,11-/m1/s1. The summed E-state index contributed by atoms with van der Waals surface area (Å²) in [6.07, 6.45) is 0.135. The number of piperidine rings is 1. The zero-order valence-corrected chi connectivity index (χ0v) is 10.3. The summed E-state index contributed by atoms with van der Waals surface area (Å²) in [7, 11) is 0. The summed E-state index contributed by atoms with van der Waals surface area (Å²) in [5.74, 6) is 5.04. The van der Waals surface area contributed by atoms with Gasteiger partial charge in [-0.25, -0.2) is 5.90 Å². The average molecular weight is 248 g/mol. The molecule has 1 aliphatic heterocycles. The van der Waals surface area contributed by atoms with Gasteiger partial charge in [0.05, 0.1) is 18.8 Å². The van der Waals surface area contributed by atoms with E-state index in [1.54, 1.807) is 0 Å². The number of likely N-dealkylation sites (tertiary alicyclic amines) is 1. The van der Waals surface area contributed by atoms with Crippen LogP contribution in [0.2, 0.25) is 0 Å². The van der Waals surface area contributed by atoms with Gasteiger partial charge in [0.2, 0.25) is 0 Å². The predicted molar refractivity (Wildman–Crippen MR) is 63.0 cm³/mol. The topological polar surface area (TPSA) is 99.2 Å². The quantitative estimate of drug-likeness (QED) is 0.349. The molecule has 6 nitrogen and oxygen atoms in total. The molecule has 17 heavy (non-hydrogen) atoms. The molecular formula is C11H24N2O4. The summed E-state index contributed by atoms with van der Waals surface area (Å²) in [4.78, 5) is 6.51. The van der Waals surface area contributed by atoms with Crippen LogP contribution in [-0.2, 0) is 4.84 Å². The Kier molecular flexibility index (Phi) is 6.32. The molecule has 0 amide bonds. The first-order chi connectivity index (χ1) is 8.11. The molecule has 0 aromatic carbocycles. The van der Waals surface area contributed by atoms with Gasteiger partial charge in [-0.05, 0) is 13.0 Å². The van der Waals surface area contributed by atoms with Gasteiger partial charge in [-0.3, -0.25) is 4.90 Å². The first kappa shape index (κ1) is 14.8. The number of unbranched alkanes of at least 4 members (excludes halogenated alkanes) is 2. The second-order valence-corrected chi connectivity index (χ2v) is 4.65. The van der Waals surface area contributed by atoms with Gasteiger partial charge in [-0.1, -0.05) is 19.8 Å². The number of hydrogen-bond acceptors (Lipinski definition) is 6. The highest BCUT2D eigenvalue weighted by molar-refractivity contribution is 4.94. The lowest BCUT2D eigenvalue weighted by molar-refractivity contribution is -0.150. The average Bonchev–Trinajstić information content (AvgIpc) is 2.31. The molecular weight excluding hydrogens is 224 g/mol. The number of nitrogens with two attached hydrogens (primary N) is 1. The Morgan fingerprint density at radius 1 is 1.24 bits per heavy atom. The third-order valence-electron chi connectivity index (χ3n) is 3.34.